The molecule has 0 spiro atoms. The van der Waals surface area contributed by atoms with Gasteiger partial charge in [-0.25, -0.2) is 4.79 Å². The first-order chi connectivity index (χ1) is 27.3. The summed E-state index contributed by atoms with van der Waals surface area (Å²) in [7, 11) is 0. The third kappa shape index (κ3) is 39.9. The zero-order valence-electron chi connectivity index (χ0n) is 37.1. The predicted molar refractivity (Wildman–Crippen MR) is 230 cm³/mol. The van der Waals surface area contributed by atoms with Crippen molar-refractivity contribution in [2.75, 3.05) is 26.4 Å². The Kier molecular flexibility index (Phi) is 40.5. The Morgan fingerprint density at radius 3 is 1.36 bits per heavy atom. The fourth-order valence-corrected chi connectivity index (χ4v) is 6.76. The first-order valence-electron chi connectivity index (χ1n) is 23.7. The van der Waals surface area contributed by atoms with Gasteiger partial charge in [-0.15, -0.1) is 0 Å². The van der Waals surface area contributed by atoms with Gasteiger partial charge < -0.3 is 24.3 Å². The summed E-state index contributed by atoms with van der Waals surface area (Å²) in [5, 5.41) is 2.79. The highest BCUT2D eigenvalue weighted by Gasteiger charge is 2.15. The van der Waals surface area contributed by atoms with Gasteiger partial charge in [0.15, 0.2) is 0 Å². The zero-order valence-corrected chi connectivity index (χ0v) is 37.1. The minimum Gasteiger partial charge on any atom is -0.466 e. The average molecular weight is 796 g/mol. The molecule has 0 fully saturated rings. The smallest absolute Gasteiger partial charge is 0.407 e. The summed E-state index contributed by atoms with van der Waals surface area (Å²) < 4.78 is 21.9. The van der Waals surface area contributed by atoms with Gasteiger partial charge in [0.2, 0.25) is 0 Å². The zero-order chi connectivity index (χ0) is 41.2. The third-order valence-corrected chi connectivity index (χ3v) is 10.4. The van der Waals surface area contributed by atoms with Gasteiger partial charge in [-0.1, -0.05) is 163 Å². The molecule has 0 aliphatic heterocycles. The van der Waals surface area contributed by atoms with Gasteiger partial charge in [0.25, 0.3) is 0 Å². The van der Waals surface area contributed by atoms with Crippen molar-refractivity contribution in [3.05, 3.63) is 0 Å². The predicted octanol–water partition coefficient (Wildman–Crippen LogP) is 13.3. The van der Waals surface area contributed by atoms with Crippen LogP contribution in [0.3, 0.4) is 0 Å². The second-order valence-corrected chi connectivity index (χ2v) is 16.3. The maximum Gasteiger partial charge on any atom is 0.407 e. The van der Waals surface area contributed by atoms with Gasteiger partial charge >= 0.3 is 24.0 Å². The topological polar surface area (TPSA) is 117 Å². The molecule has 0 rings (SSSR count). The van der Waals surface area contributed by atoms with Crippen molar-refractivity contribution in [3.63, 3.8) is 0 Å². The molecule has 0 aliphatic rings. The first-order valence-corrected chi connectivity index (χ1v) is 23.7. The molecule has 0 aromatic rings. The number of hydrogen-bond acceptors (Lipinski definition) is 8. The summed E-state index contributed by atoms with van der Waals surface area (Å²) in [6.45, 7) is 10.0. The number of unbranched alkanes of at least 4 members (excludes halogenated alkanes) is 23. The quantitative estimate of drug-likeness (QED) is 0.0369. The Morgan fingerprint density at radius 1 is 0.429 bits per heavy atom. The molecule has 0 saturated heterocycles. The Labute approximate surface area is 344 Å². The molecule has 0 aromatic carbocycles. The SMILES string of the molecule is CCCCCCCCCCOC(=O)CCCCCC(=O)OCC(C)COC(=O)NCCCCCCCC(=O)OC(CCCCCCCC)CCCCCCCC. The highest BCUT2D eigenvalue weighted by Crippen LogP contribution is 2.18. The number of alkyl carbamates (subject to hydrolysis) is 1. The fraction of sp³-hybridized carbons (Fsp3) is 0.915. The maximum absolute atomic E-state index is 12.6. The Bertz CT molecular complexity index is 897. The van der Waals surface area contributed by atoms with E-state index in [1.54, 1.807) is 0 Å². The van der Waals surface area contributed by atoms with E-state index in [1.165, 1.54) is 103 Å². The number of ether oxygens (including phenoxy) is 4. The minimum absolute atomic E-state index is 0.0461. The summed E-state index contributed by atoms with van der Waals surface area (Å²) in [6, 6.07) is 0. The number of esters is 3. The average Bonchev–Trinajstić information content (AvgIpc) is 3.18. The number of amides is 1. The minimum atomic E-state index is -0.460. The van der Waals surface area contributed by atoms with E-state index in [1.807, 2.05) is 6.92 Å². The monoisotopic (exact) mass is 796 g/mol. The number of hydrogen-bond donors (Lipinski definition) is 1. The first kappa shape index (κ1) is 53.7. The molecule has 1 atom stereocenters. The molecular weight excluding hydrogens is 707 g/mol. The Morgan fingerprint density at radius 2 is 0.821 bits per heavy atom. The van der Waals surface area contributed by atoms with Gasteiger partial charge in [-0.05, 0) is 57.8 Å². The van der Waals surface area contributed by atoms with E-state index < -0.39 is 6.09 Å². The van der Waals surface area contributed by atoms with Crippen molar-refractivity contribution in [1.82, 2.24) is 5.32 Å². The van der Waals surface area contributed by atoms with Gasteiger partial charge in [-0.2, -0.15) is 0 Å². The van der Waals surface area contributed by atoms with Crippen LogP contribution in [0.4, 0.5) is 4.79 Å². The van der Waals surface area contributed by atoms with E-state index in [0.717, 1.165) is 77.0 Å². The van der Waals surface area contributed by atoms with Crippen LogP contribution < -0.4 is 5.32 Å². The Hall–Kier alpha value is -2.32. The number of carbonyl (C=O) groups is 4. The largest absolute Gasteiger partial charge is 0.466 e. The highest BCUT2D eigenvalue weighted by atomic mass is 16.6. The van der Waals surface area contributed by atoms with Crippen LogP contribution in [0.1, 0.15) is 240 Å². The van der Waals surface area contributed by atoms with Crippen molar-refractivity contribution >= 4 is 24.0 Å². The van der Waals surface area contributed by atoms with Gasteiger partial charge in [-0.3, -0.25) is 14.4 Å². The van der Waals surface area contributed by atoms with E-state index in [-0.39, 0.29) is 43.1 Å². The molecule has 9 nitrogen and oxygen atoms in total. The molecule has 0 aromatic heterocycles. The lowest BCUT2D eigenvalue weighted by Crippen LogP contribution is -2.28. The second kappa shape index (κ2) is 42.3. The summed E-state index contributed by atoms with van der Waals surface area (Å²) in [6.07, 6.45) is 34.4. The van der Waals surface area contributed by atoms with Crippen molar-refractivity contribution in [2.24, 2.45) is 5.92 Å². The van der Waals surface area contributed by atoms with Gasteiger partial charge in [0.1, 0.15) is 6.10 Å². The van der Waals surface area contributed by atoms with Gasteiger partial charge in [0, 0.05) is 31.7 Å². The molecule has 0 bridgehead atoms. The molecule has 0 aliphatic carbocycles. The van der Waals surface area contributed by atoms with Crippen LogP contribution >= 0.6 is 0 Å². The van der Waals surface area contributed by atoms with Crippen LogP contribution in [0.5, 0.6) is 0 Å². The van der Waals surface area contributed by atoms with Gasteiger partial charge in [0.05, 0.1) is 19.8 Å². The number of nitrogens with one attached hydrogen (secondary N) is 1. The van der Waals surface area contributed by atoms with E-state index in [0.29, 0.717) is 45.3 Å². The number of carbonyl (C=O) groups excluding carboxylic acids is 4. The lowest BCUT2D eigenvalue weighted by Gasteiger charge is -2.18. The maximum atomic E-state index is 12.6. The molecule has 0 radical (unpaired) electrons. The molecule has 9 heteroatoms. The summed E-state index contributed by atoms with van der Waals surface area (Å²) in [5.41, 5.74) is 0. The van der Waals surface area contributed by atoms with E-state index >= 15 is 0 Å². The van der Waals surface area contributed by atoms with E-state index in [2.05, 4.69) is 26.1 Å². The Balaban J connectivity index is 3.82. The van der Waals surface area contributed by atoms with Crippen LogP contribution in [-0.2, 0) is 33.3 Å². The molecule has 1 amide bonds. The summed E-state index contributed by atoms with van der Waals surface area (Å²) in [5.74, 6) is -0.574. The standard InChI is InChI=1S/C47H89NO8/c1-5-8-11-14-17-18-24-32-39-53-44(49)35-29-25-30-36-45(50)54-40-42(4)41-55-47(52)48-38-31-23-19-22-28-37-46(51)56-43(33-26-20-15-12-9-6-2)34-27-21-16-13-10-7-3/h42-43H,5-41H2,1-4H3,(H,48,52). The summed E-state index contributed by atoms with van der Waals surface area (Å²) >= 11 is 0. The number of rotatable bonds is 42. The summed E-state index contributed by atoms with van der Waals surface area (Å²) in [4.78, 5) is 48.8. The van der Waals surface area contributed by atoms with Crippen molar-refractivity contribution in [1.29, 1.82) is 0 Å². The van der Waals surface area contributed by atoms with Crippen LogP contribution in [0.25, 0.3) is 0 Å². The molecule has 56 heavy (non-hydrogen) atoms. The van der Waals surface area contributed by atoms with Crippen molar-refractivity contribution < 1.29 is 38.1 Å². The highest BCUT2D eigenvalue weighted by molar-refractivity contribution is 5.70. The van der Waals surface area contributed by atoms with Crippen LogP contribution in [-0.4, -0.2) is 56.5 Å². The molecule has 1 N–H and O–H groups in total. The van der Waals surface area contributed by atoms with Crippen molar-refractivity contribution in [2.45, 2.75) is 246 Å². The lowest BCUT2D eigenvalue weighted by molar-refractivity contribution is -0.150. The fourth-order valence-electron chi connectivity index (χ4n) is 6.76. The molecular formula is C47H89NO8. The van der Waals surface area contributed by atoms with Crippen LogP contribution in [0.2, 0.25) is 0 Å². The normalized spacial score (nSPS) is 11.7. The molecule has 1 unspecified atom stereocenters. The second-order valence-electron chi connectivity index (χ2n) is 16.3. The van der Waals surface area contributed by atoms with Crippen molar-refractivity contribution in [3.8, 4) is 0 Å². The molecule has 330 valence electrons. The van der Waals surface area contributed by atoms with E-state index in [4.69, 9.17) is 18.9 Å². The van der Waals surface area contributed by atoms with E-state index in [9.17, 15) is 19.2 Å². The van der Waals surface area contributed by atoms with Crippen LogP contribution in [0.15, 0.2) is 0 Å². The van der Waals surface area contributed by atoms with Crippen LogP contribution in [0, 0.1) is 5.92 Å². The molecule has 0 saturated carbocycles. The lowest BCUT2D eigenvalue weighted by atomic mass is 10.0. The molecule has 0 heterocycles. The third-order valence-electron chi connectivity index (χ3n) is 10.4.